The molecule has 0 N–H and O–H groups in total. The van der Waals surface area contributed by atoms with E-state index in [1.54, 1.807) is 12.4 Å². The summed E-state index contributed by atoms with van der Waals surface area (Å²) in [5, 5.41) is 11.9. The Morgan fingerprint density at radius 3 is 1.34 bits per heavy atom. The minimum Gasteiger partial charge on any atom is -0.657 e. The molecule has 0 amide bonds. The van der Waals surface area contributed by atoms with E-state index in [-0.39, 0.29) is 16.8 Å². The third kappa shape index (κ3) is 3.78. The van der Waals surface area contributed by atoms with Crippen LogP contribution in [-0.4, -0.2) is 9.97 Å². The number of nitrogens with zero attached hydrogens (tertiary/aromatic N) is 4. The van der Waals surface area contributed by atoms with Gasteiger partial charge >= 0.3 is 16.8 Å². The maximum absolute atomic E-state index is 4.87. The van der Waals surface area contributed by atoms with E-state index in [9.17, 15) is 0 Å². The van der Waals surface area contributed by atoms with Crippen molar-refractivity contribution in [2.75, 3.05) is 0 Å². The number of para-hydroxylation sites is 4. The molecule has 0 aliphatic rings. The van der Waals surface area contributed by atoms with Gasteiger partial charge in [-0.15, -0.1) is 11.4 Å². The van der Waals surface area contributed by atoms with Crippen LogP contribution in [0.1, 0.15) is 0 Å². The van der Waals surface area contributed by atoms with Crippen LogP contribution in [0.5, 0.6) is 0 Å². The summed E-state index contributed by atoms with van der Waals surface area (Å²) in [6.07, 6.45) is 3.58. The Morgan fingerprint density at radius 2 is 0.862 bits per heavy atom. The summed E-state index contributed by atoms with van der Waals surface area (Å²) in [5.41, 5.74) is 5.02. The third-order valence-corrected chi connectivity index (χ3v) is 4.59. The van der Waals surface area contributed by atoms with Crippen LogP contribution in [-0.2, 0) is 16.8 Å². The molecule has 0 aliphatic carbocycles. The van der Waals surface area contributed by atoms with Gasteiger partial charge in [0.2, 0.25) is 0 Å². The van der Waals surface area contributed by atoms with Crippen molar-refractivity contribution in [2.45, 2.75) is 0 Å². The Hall–Kier alpha value is -3.41. The Labute approximate surface area is 179 Å². The minimum atomic E-state index is 0. The Balaban J connectivity index is 0.00000205. The van der Waals surface area contributed by atoms with E-state index >= 15 is 0 Å². The van der Waals surface area contributed by atoms with E-state index in [0.29, 0.717) is 0 Å². The molecule has 0 atom stereocenters. The molecule has 0 spiro atoms. The molecule has 0 fully saturated rings. The Morgan fingerprint density at radius 1 is 0.448 bits per heavy atom. The van der Waals surface area contributed by atoms with Gasteiger partial charge < -0.3 is 10.6 Å². The molecule has 5 rings (SSSR count). The normalized spacial score (nSPS) is 10.5. The average molecular weight is 419 g/mol. The zero-order chi connectivity index (χ0) is 18.8. The molecule has 5 heteroatoms. The van der Waals surface area contributed by atoms with Crippen LogP contribution < -0.4 is 0 Å². The van der Waals surface area contributed by atoms with Gasteiger partial charge in [-0.2, -0.15) is 11.4 Å². The predicted octanol–water partition coefficient (Wildman–Crippen LogP) is 7.45. The van der Waals surface area contributed by atoms with Gasteiger partial charge in [0, 0.05) is 12.4 Å². The Bertz CT molecular complexity index is 1180. The van der Waals surface area contributed by atoms with Crippen molar-refractivity contribution in [2.24, 2.45) is 0 Å². The molecule has 1 radical (unpaired) electrons. The number of hydrogen-bond donors (Lipinski definition) is 0. The monoisotopic (exact) mass is 419 g/mol. The van der Waals surface area contributed by atoms with Crippen LogP contribution >= 0.6 is 0 Å². The van der Waals surface area contributed by atoms with E-state index in [1.165, 1.54) is 0 Å². The molecule has 141 valence electrons. The quantitative estimate of drug-likeness (QED) is 0.304. The van der Waals surface area contributed by atoms with Crippen molar-refractivity contribution in [1.29, 1.82) is 0 Å². The van der Waals surface area contributed by atoms with Crippen molar-refractivity contribution < 1.29 is 16.8 Å². The number of benzene rings is 3. The van der Waals surface area contributed by atoms with E-state index in [0.717, 1.165) is 44.6 Å². The number of hydrogen-bond acceptors (Lipinski definition) is 2. The van der Waals surface area contributed by atoms with Gasteiger partial charge in [0.15, 0.2) is 0 Å². The van der Waals surface area contributed by atoms with Crippen LogP contribution in [0.15, 0.2) is 97.3 Å². The fourth-order valence-corrected chi connectivity index (χ4v) is 3.27. The van der Waals surface area contributed by atoms with Gasteiger partial charge in [0.05, 0.1) is 11.0 Å². The summed E-state index contributed by atoms with van der Waals surface area (Å²) in [7, 11) is 0. The molecular formula is C24H16CoN4. The molecule has 0 bridgehead atoms. The van der Waals surface area contributed by atoms with Gasteiger partial charge in [0.25, 0.3) is 0 Å². The summed E-state index contributed by atoms with van der Waals surface area (Å²) >= 11 is 0. The molecular weight excluding hydrogens is 403 g/mol. The van der Waals surface area contributed by atoms with E-state index in [1.807, 2.05) is 84.9 Å². The standard InChI is InChI=1S/C24H16N4.Co/c1-2-12-20(28-22-14-4-8-18-10-6-16-26-24(18)22)19(11-1)27-21-13-3-7-17-9-5-15-25-23(17)21;/h1-16H;/q-2;+2. The first-order valence-electron chi connectivity index (χ1n) is 9.08. The molecule has 0 saturated carbocycles. The van der Waals surface area contributed by atoms with Gasteiger partial charge in [-0.05, 0) is 22.9 Å². The molecule has 0 unspecified atom stereocenters. The second kappa shape index (κ2) is 8.30. The maximum Gasteiger partial charge on any atom is 2.00 e. The third-order valence-electron chi connectivity index (χ3n) is 4.59. The molecule has 29 heavy (non-hydrogen) atoms. The maximum atomic E-state index is 4.87. The topological polar surface area (TPSA) is 54.0 Å². The molecule has 5 aromatic rings. The number of aromatic nitrogens is 2. The number of pyridine rings is 2. The number of rotatable bonds is 4. The summed E-state index contributed by atoms with van der Waals surface area (Å²) in [5.74, 6) is 0. The van der Waals surface area contributed by atoms with Crippen LogP contribution in [0.4, 0.5) is 22.7 Å². The summed E-state index contributed by atoms with van der Waals surface area (Å²) in [6.45, 7) is 0. The molecule has 0 aliphatic heterocycles. The predicted molar refractivity (Wildman–Crippen MR) is 115 cm³/mol. The second-order valence-electron chi connectivity index (χ2n) is 6.42. The largest absolute Gasteiger partial charge is 2.00 e. The summed E-state index contributed by atoms with van der Waals surface area (Å²) in [4.78, 5) is 9.00. The second-order valence-corrected chi connectivity index (χ2v) is 6.42. The Kier molecular flexibility index (Phi) is 5.42. The molecule has 4 nitrogen and oxygen atoms in total. The average Bonchev–Trinajstić information content (AvgIpc) is 2.76. The van der Waals surface area contributed by atoms with Gasteiger partial charge in [-0.3, -0.25) is 9.97 Å². The number of fused-ring (bicyclic) bond motifs is 2. The van der Waals surface area contributed by atoms with Gasteiger partial charge in [-0.25, -0.2) is 0 Å². The molecule has 2 aromatic heterocycles. The van der Waals surface area contributed by atoms with Crippen molar-refractivity contribution in [3.63, 3.8) is 0 Å². The zero-order valence-corrected chi connectivity index (χ0v) is 16.4. The fraction of sp³-hybridized carbons (Fsp3) is 0. The van der Waals surface area contributed by atoms with Crippen molar-refractivity contribution in [3.8, 4) is 0 Å². The first-order valence-corrected chi connectivity index (χ1v) is 9.08. The zero-order valence-electron chi connectivity index (χ0n) is 15.4. The van der Waals surface area contributed by atoms with Gasteiger partial charge in [0.1, 0.15) is 0 Å². The SMILES string of the molecule is [Co+2].c1ccc([N-]c2cccc3cccnc23)c([N-]c2cccc3cccnc23)c1. The van der Waals surface area contributed by atoms with Crippen LogP contribution in [0.3, 0.4) is 0 Å². The van der Waals surface area contributed by atoms with E-state index < -0.39 is 0 Å². The van der Waals surface area contributed by atoms with E-state index in [2.05, 4.69) is 9.97 Å². The summed E-state index contributed by atoms with van der Waals surface area (Å²) < 4.78 is 0. The first kappa shape index (κ1) is 18.9. The molecule has 3 aromatic carbocycles. The summed E-state index contributed by atoms with van der Waals surface area (Å²) in [6, 6.07) is 27.9. The van der Waals surface area contributed by atoms with Crippen molar-refractivity contribution in [3.05, 3.63) is 108 Å². The fourth-order valence-electron chi connectivity index (χ4n) is 3.27. The van der Waals surface area contributed by atoms with Crippen LogP contribution in [0.25, 0.3) is 32.4 Å². The van der Waals surface area contributed by atoms with Crippen molar-refractivity contribution in [1.82, 2.24) is 9.97 Å². The molecule has 2 heterocycles. The van der Waals surface area contributed by atoms with Crippen LogP contribution in [0, 0.1) is 0 Å². The smallest absolute Gasteiger partial charge is 0.657 e. The first-order chi connectivity index (χ1) is 13.9. The van der Waals surface area contributed by atoms with Gasteiger partial charge in [-0.1, -0.05) is 72.8 Å². The van der Waals surface area contributed by atoms with Crippen molar-refractivity contribution >= 4 is 44.6 Å². The van der Waals surface area contributed by atoms with Crippen LogP contribution in [0.2, 0.25) is 0 Å². The molecule has 0 saturated heterocycles. The minimum absolute atomic E-state index is 0. The van der Waals surface area contributed by atoms with E-state index in [4.69, 9.17) is 10.6 Å².